The first-order valence-corrected chi connectivity index (χ1v) is 9.02. The summed E-state index contributed by atoms with van der Waals surface area (Å²) in [5, 5.41) is 3.58. The van der Waals surface area contributed by atoms with Gasteiger partial charge in [0.2, 0.25) is 0 Å². The number of benzene rings is 1. The Morgan fingerprint density at radius 3 is 2.83 bits per heavy atom. The standard InChI is InChI=1S/C17H22Cl2N2O2/c18-14-7-6-13(10-15(14)19)20-17(22)23-11-12-4-3-9-21-8-2-1-5-16(12)21/h6-7,10,12,16H,1-5,8-9,11H2,(H,20,22)/t12-,16+/m0/s1. The van der Waals surface area contributed by atoms with E-state index in [1.807, 2.05) is 0 Å². The van der Waals surface area contributed by atoms with E-state index in [0.29, 0.717) is 34.3 Å². The van der Waals surface area contributed by atoms with Gasteiger partial charge in [-0.05, 0) is 57.0 Å². The fourth-order valence-electron chi connectivity index (χ4n) is 3.68. The summed E-state index contributed by atoms with van der Waals surface area (Å²) >= 11 is 11.8. The molecule has 1 aromatic carbocycles. The maximum absolute atomic E-state index is 12.0. The van der Waals surface area contributed by atoms with E-state index < -0.39 is 6.09 Å². The molecule has 1 amide bonds. The molecule has 2 saturated heterocycles. The molecular weight excluding hydrogens is 335 g/mol. The van der Waals surface area contributed by atoms with Gasteiger partial charge in [-0.25, -0.2) is 4.79 Å². The molecule has 6 heteroatoms. The fraction of sp³-hybridized carbons (Fsp3) is 0.588. The van der Waals surface area contributed by atoms with E-state index in [0.717, 1.165) is 6.42 Å². The van der Waals surface area contributed by atoms with Gasteiger partial charge in [-0.2, -0.15) is 0 Å². The van der Waals surface area contributed by atoms with Gasteiger partial charge in [-0.3, -0.25) is 10.2 Å². The van der Waals surface area contributed by atoms with E-state index in [1.165, 1.54) is 38.8 Å². The van der Waals surface area contributed by atoms with Crippen molar-refractivity contribution in [2.24, 2.45) is 5.92 Å². The molecule has 3 rings (SSSR count). The van der Waals surface area contributed by atoms with Crippen LogP contribution in [0.5, 0.6) is 0 Å². The zero-order valence-corrected chi connectivity index (χ0v) is 14.6. The topological polar surface area (TPSA) is 41.6 Å². The van der Waals surface area contributed by atoms with Gasteiger partial charge in [0, 0.05) is 17.6 Å². The normalized spacial score (nSPS) is 24.8. The van der Waals surface area contributed by atoms with Crippen LogP contribution < -0.4 is 5.32 Å². The molecule has 2 aliphatic rings. The van der Waals surface area contributed by atoms with Gasteiger partial charge in [-0.15, -0.1) is 0 Å². The predicted molar refractivity (Wildman–Crippen MR) is 93.4 cm³/mol. The third-order valence-corrected chi connectivity index (χ3v) is 5.56. The number of halogens is 2. The van der Waals surface area contributed by atoms with Crippen molar-refractivity contribution < 1.29 is 9.53 Å². The van der Waals surface area contributed by atoms with Gasteiger partial charge in [0.05, 0.1) is 16.7 Å². The Kier molecular flexibility index (Phi) is 5.67. The molecule has 0 aromatic heterocycles. The van der Waals surface area contributed by atoms with Crippen LogP contribution in [0.15, 0.2) is 18.2 Å². The van der Waals surface area contributed by atoms with Crippen molar-refractivity contribution in [2.75, 3.05) is 25.0 Å². The van der Waals surface area contributed by atoms with Crippen LogP contribution in [0.4, 0.5) is 10.5 Å². The van der Waals surface area contributed by atoms with E-state index in [4.69, 9.17) is 27.9 Å². The highest BCUT2D eigenvalue weighted by atomic mass is 35.5. The minimum Gasteiger partial charge on any atom is -0.449 e. The first-order valence-electron chi connectivity index (χ1n) is 8.26. The summed E-state index contributed by atoms with van der Waals surface area (Å²) in [6.07, 6.45) is 5.70. The van der Waals surface area contributed by atoms with Crippen molar-refractivity contribution in [1.29, 1.82) is 0 Å². The summed E-state index contributed by atoms with van der Waals surface area (Å²) in [6.45, 7) is 2.86. The summed E-state index contributed by atoms with van der Waals surface area (Å²) in [6, 6.07) is 5.56. The third kappa shape index (κ3) is 4.31. The van der Waals surface area contributed by atoms with E-state index in [-0.39, 0.29) is 0 Å². The zero-order chi connectivity index (χ0) is 16.2. The largest absolute Gasteiger partial charge is 0.449 e. The van der Waals surface area contributed by atoms with E-state index in [1.54, 1.807) is 18.2 Å². The number of nitrogens with one attached hydrogen (secondary N) is 1. The molecule has 2 atom stereocenters. The second-order valence-corrected chi connectivity index (χ2v) is 7.17. The summed E-state index contributed by atoms with van der Waals surface area (Å²) in [7, 11) is 0. The Bertz CT molecular complexity index is 566. The van der Waals surface area contributed by atoms with Crippen LogP contribution in [0.3, 0.4) is 0 Å². The molecule has 23 heavy (non-hydrogen) atoms. The lowest BCUT2D eigenvalue weighted by atomic mass is 9.84. The van der Waals surface area contributed by atoms with Crippen molar-refractivity contribution in [3.63, 3.8) is 0 Å². The molecule has 2 aliphatic heterocycles. The molecule has 0 radical (unpaired) electrons. The second-order valence-electron chi connectivity index (χ2n) is 6.35. The summed E-state index contributed by atoms with van der Waals surface area (Å²) < 4.78 is 5.45. The summed E-state index contributed by atoms with van der Waals surface area (Å²) in [5.74, 6) is 0.448. The molecule has 0 spiro atoms. The SMILES string of the molecule is O=C(Nc1ccc(Cl)c(Cl)c1)OC[C@@H]1CCCN2CCCC[C@H]12. The van der Waals surface area contributed by atoms with Crippen LogP contribution in [-0.2, 0) is 4.74 Å². The Balaban J connectivity index is 1.51. The smallest absolute Gasteiger partial charge is 0.411 e. The van der Waals surface area contributed by atoms with Gasteiger partial charge in [0.15, 0.2) is 0 Å². The number of hydrogen-bond acceptors (Lipinski definition) is 3. The number of nitrogens with zero attached hydrogens (tertiary/aromatic N) is 1. The Morgan fingerprint density at radius 2 is 2.00 bits per heavy atom. The zero-order valence-electron chi connectivity index (χ0n) is 13.1. The predicted octanol–water partition coefficient (Wildman–Crippen LogP) is 4.81. The number of amides is 1. The lowest BCUT2D eigenvalue weighted by Crippen LogP contribution is -2.49. The van der Waals surface area contributed by atoms with Crippen LogP contribution >= 0.6 is 23.2 Å². The Hall–Kier alpha value is -0.970. The molecule has 2 fully saturated rings. The molecule has 0 unspecified atom stereocenters. The molecule has 2 heterocycles. The molecule has 0 bridgehead atoms. The van der Waals surface area contributed by atoms with Crippen LogP contribution in [0.25, 0.3) is 0 Å². The maximum Gasteiger partial charge on any atom is 0.411 e. The second kappa shape index (κ2) is 7.73. The average Bonchev–Trinajstić information content (AvgIpc) is 2.56. The third-order valence-electron chi connectivity index (χ3n) is 4.82. The van der Waals surface area contributed by atoms with Gasteiger partial charge in [-0.1, -0.05) is 29.6 Å². The maximum atomic E-state index is 12.0. The van der Waals surface area contributed by atoms with Gasteiger partial charge < -0.3 is 4.74 Å². The molecule has 126 valence electrons. The molecule has 1 aromatic rings. The first-order chi connectivity index (χ1) is 11.1. The van der Waals surface area contributed by atoms with Crippen molar-refractivity contribution in [3.8, 4) is 0 Å². The number of hydrogen-bond donors (Lipinski definition) is 1. The Labute approximate surface area is 147 Å². The van der Waals surface area contributed by atoms with E-state index in [2.05, 4.69) is 10.2 Å². The lowest BCUT2D eigenvalue weighted by Gasteiger charge is -2.44. The van der Waals surface area contributed by atoms with Crippen LogP contribution in [-0.4, -0.2) is 36.7 Å². The van der Waals surface area contributed by atoms with Crippen LogP contribution in [0.1, 0.15) is 32.1 Å². The van der Waals surface area contributed by atoms with Crippen molar-refractivity contribution in [1.82, 2.24) is 4.90 Å². The number of rotatable bonds is 3. The molecule has 4 nitrogen and oxygen atoms in total. The highest BCUT2D eigenvalue weighted by molar-refractivity contribution is 6.42. The highest BCUT2D eigenvalue weighted by Crippen LogP contribution is 2.31. The minimum atomic E-state index is -0.434. The summed E-state index contributed by atoms with van der Waals surface area (Å²) in [5.41, 5.74) is 0.590. The molecular formula is C17H22Cl2N2O2. The van der Waals surface area contributed by atoms with Crippen LogP contribution in [0.2, 0.25) is 10.0 Å². The Morgan fingerprint density at radius 1 is 1.17 bits per heavy atom. The number of carbonyl (C=O) groups excluding carboxylic acids is 1. The molecule has 1 N–H and O–H groups in total. The number of piperidine rings is 2. The highest BCUT2D eigenvalue weighted by Gasteiger charge is 2.33. The minimum absolute atomic E-state index is 0.412. The molecule has 0 aliphatic carbocycles. The molecule has 0 saturated carbocycles. The number of carbonyl (C=O) groups is 1. The van der Waals surface area contributed by atoms with Crippen molar-refractivity contribution in [3.05, 3.63) is 28.2 Å². The average molecular weight is 357 g/mol. The van der Waals surface area contributed by atoms with Crippen LogP contribution in [0, 0.1) is 5.92 Å². The van der Waals surface area contributed by atoms with Crippen molar-refractivity contribution in [2.45, 2.75) is 38.1 Å². The number of fused-ring (bicyclic) bond motifs is 1. The first kappa shape index (κ1) is 16.9. The number of ether oxygens (including phenoxy) is 1. The lowest BCUT2D eigenvalue weighted by molar-refractivity contribution is 0.0261. The number of anilines is 1. The van der Waals surface area contributed by atoms with E-state index >= 15 is 0 Å². The van der Waals surface area contributed by atoms with E-state index in [9.17, 15) is 4.79 Å². The van der Waals surface area contributed by atoms with Gasteiger partial charge in [0.25, 0.3) is 0 Å². The van der Waals surface area contributed by atoms with Crippen molar-refractivity contribution >= 4 is 35.0 Å². The van der Waals surface area contributed by atoms with Gasteiger partial charge in [0.1, 0.15) is 0 Å². The summed E-state index contributed by atoms with van der Waals surface area (Å²) in [4.78, 5) is 14.6. The quantitative estimate of drug-likeness (QED) is 0.844. The van der Waals surface area contributed by atoms with Gasteiger partial charge >= 0.3 is 6.09 Å². The fourth-order valence-corrected chi connectivity index (χ4v) is 3.98. The monoisotopic (exact) mass is 356 g/mol.